The Kier molecular flexibility index (Phi) is 6.01. The maximum atomic E-state index is 5.18. The van der Waals surface area contributed by atoms with Gasteiger partial charge < -0.3 is 4.57 Å². The van der Waals surface area contributed by atoms with Crippen molar-refractivity contribution in [3.63, 3.8) is 0 Å². The number of benzene rings is 7. The summed E-state index contributed by atoms with van der Waals surface area (Å²) in [5.41, 5.74) is 6.39. The molecule has 4 nitrogen and oxygen atoms in total. The number of thiophene rings is 1. The average molecular weight is 631 g/mol. The molecule has 0 aliphatic heterocycles. The van der Waals surface area contributed by atoms with E-state index >= 15 is 0 Å². The molecule has 0 saturated heterocycles. The van der Waals surface area contributed by atoms with E-state index in [2.05, 4.69) is 144 Å². The van der Waals surface area contributed by atoms with E-state index in [1.807, 2.05) is 18.2 Å². The van der Waals surface area contributed by atoms with E-state index in [1.54, 1.807) is 11.3 Å². The van der Waals surface area contributed by atoms with Gasteiger partial charge in [0.05, 0.1) is 16.7 Å². The molecule has 0 fully saturated rings. The van der Waals surface area contributed by atoms with E-state index in [1.165, 1.54) is 42.0 Å². The van der Waals surface area contributed by atoms with Crippen LogP contribution in [0.5, 0.6) is 0 Å². The topological polar surface area (TPSA) is 43.6 Å². The maximum absolute atomic E-state index is 5.18. The highest BCUT2D eigenvalue weighted by Gasteiger charge is 2.19. The molecule has 0 amide bonds. The Labute approximate surface area is 280 Å². The number of aromatic nitrogens is 4. The summed E-state index contributed by atoms with van der Waals surface area (Å²) in [5.74, 6) is 1.97. The molecule has 0 saturated carbocycles. The number of para-hydroxylation sites is 2. The van der Waals surface area contributed by atoms with Crippen LogP contribution in [0.15, 0.2) is 158 Å². The van der Waals surface area contributed by atoms with Crippen molar-refractivity contribution >= 4 is 64.1 Å². The SMILES string of the molecule is c1ccc(-c2nc(-c3ccc4c(c3)sc3ccccc34)nc(-c3ccc(-n4c5ccccc5c5ccccc54)c4ccccc34)n2)cc1. The molecule has 0 unspecified atom stereocenters. The molecular formula is C43H26N4S. The van der Waals surface area contributed by atoms with Gasteiger partial charge >= 0.3 is 0 Å². The van der Waals surface area contributed by atoms with Crippen LogP contribution in [0.1, 0.15) is 0 Å². The van der Waals surface area contributed by atoms with E-state index in [4.69, 9.17) is 15.0 Å². The smallest absolute Gasteiger partial charge is 0.164 e. The third kappa shape index (κ3) is 4.18. The van der Waals surface area contributed by atoms with Crippen LogP contribution in [0.25, 0.3) is 92.6 Å². The minimum Gasteiger partial charge on any atom is -0.309 e. The lowest BCUT2D eigenvalue weighted by Crippen LogP contribution is -2.01. The number of hydrogen-bond acceptors (Lipinski definition) is 4. The van der Waals surface area contributed by atoms with Crippen LogP contribution in [0.2, 0.25) is 0 Å². The van der Waals surface area contributed by atoms with Gasteiger partial charge in [0.2, 0.25) is 0 Å². The van der Waals surface area contributed by atoms with Crippen LogP contribution in [-0.4, -0.2) is 19.5 Å². The number of nitrogens with zero attached hydrogens (tertiary/aromatic N) is 4. The molecule has 0 spiro atoms. The Morgan fingerprint density at radius 3 is 1.69 bits per heavy atom. The Morgan fingerprint density at radius 1 is 0.375 bits per heavy atom. The fourth-order valence-corrected chi connectivity index (χ4v) is 8.21. The molecule has 0 atom stereocenters. The molecule has 0 aliphatic carbocycles. The van der Waals surface area contributed by atoms with Gasteiger partial charge in [-0.15, -0.1) is 11.3 Å². The van der Waals surface area contributed by atoms with Gasteiger partial charge in [0.15, 0.2) is 17.5 Å². The fraction of sp³-hybridized carbons (Fsp3) is 0. The van der Waals surface area contributed by atoms with Crippen LogP contribution in [-0.2, 0) is 0 Å². The zero-order chi connectivity index (χ0) is 31.6. The molecule has 224 valence electrons. The van der Waals surface area contributed by atoms with Crippen molar-refractivity contribution < 1.29 is 0 Å². The highest BCUT2D eigenvalue weighted by Crippen LogP contribution is 2.39. The van der Waals surface area contributed by atoms with Gasteiger partial charge in [-0.25, -0.2) is 15.0 Å². The minimum absolute atomic E-state index is 0.653. The van der Waals surface area contributed by atoms with Crippen LogP contribution in [0, 0.1) is 0 Å². The summed E-state index contributed by atoms with van der Waals surface area (Å²) >= 11 is 1.80. The third-order valence-electron chi connectivity index (χ3n) is 9.27. The molecular weight excluding hydrogens is 605 g/mol. The first-order valence-corrected chi connectivity index (χ1v) is 16.9. The van der Waals surface area contributed by atoms with Gasteiger partial charge in [0.25, 0.3) is 0 Å². The van der Waals surface area contributed by atoms with Gasteiger partial charge in [0, 0.05) is 53.0 Å². The molecule has 0 radical (unpaired) electrons. The number of fused-ring (bicyclic) bond motifs is 7. The predicted octanol–water partition coefficient (Wildman–Crippen LogP) is 11.5. The normalized spacial score (nSPS) is 11.8. The number of hydrogen-bond donors (Lipinski definition) is 0. The molecule has 0 bridgehead atoms. The van der Waals surface area contributed by atoms with Crippen LogP contribution in [0.4, 0.5) is 0 Å². The predicted molar refractivity (Wildman–Crippen MR) is 201 cm³/mol. The van der Waals surface area contributed by atoms with E-state index in [0.29, 0.717) is 17.5 Å². The first-order valence-electron chi connectivity index (χ1n) is 16.0. The Hall–Kier alpha value is -6.17. The summed E-state index contributed by atoms with van der Waals surface area (Å²) in [4.78, 5) is 15.3. The molecule has 10 rings (SSSR count). The summed E-state index contributed by atoms with van der Waals surface area (Å²) in [6.45, 7) is 0. The van der Waals surface area contributed by atoms with Gasteiger partial charge in [0.1, 0.15) is 0 Å². The molecule has 10 aromatic rings. The number of rotatable bonds is 4. The second-order valence-corrected chi connectivity index (χ2v) is 13.1. The zero-order valence-electron chi connectivity index (χ0n) is 25.7. The van der Waals surface area contributed by atoms with Gasteiger partial charge in [-0.05, 0) is 41.8 Å². The summed E-state index contributed by atoms with van der Waals surface area (Å²) in [6.07, 6.45) is 0. The van der Waals surface area contributed by atoms with Crippen LogP contribution < -0.4 is 0 Å². The summed E-state index contributed by atoms with van der Waals surface area (Å²) in [6, 6.07) is 55.6. The van der Waals surface area contributed by atoms with Crippen LogP contribution in [0.3, 0.4) is 0 Å². The Bertz CT molecular complexity index is 2800. The van der Waals surface area contributed by atoms with E-state index in [0.717, 1.165) is 33.2 Å². The van der Waals surface area contributed by atoms with Crippen molar-refractivity contribution in [3.8, 4) is 39.9 Å². The third-order valence-corrected chi connectivity index (χ3v) is 10.4. The summed E-state index contributed by atoms with van der Waals surface area (Å²) in [7, 11) is 0. The van der Waals surface area contributed by atoms with Crippen LogP contribution >= 0.6 is 11.3 Å². The molecule has 0 aliphatic rings. The summed E-state index contributed by atoms with van der Waals surface area (Å²) < 4.78 is 4.88. The van der Waals surface area contributed by atoms with Crippen molar-refractivity contribution in [1.82, 2.24) is 19.5 Å². The molecule has 48 heavy (non-hydrogen) atoms. The monoisotopic (exact) mass is 630 g/mol. The fourth-order valence-electron chi connectivity index (χ4n) is 7.06. The first kappa shape index (κ1) is 27.0. The van der Waals surface area contributed by atoms with Gasteiger partial charge in [-0.1, -0.05) is 121 Å². The lowest BCUT2D eigenvalue weighted by atomic mass is 10.0. The van der Waals surface area contributed by atoms with Gasteiger partial charge in [-0.3, -0.25) is 0 Å². The molecule has 3 heterocycles. The minimum atomic E-state index is 0.653. The maximum Gasteiger partial charge on any atom is 0.164 e. The zero-order valence-corrected chi connectivity index (χ0v) is 26.5. The van der Waals surface area contributed by atoms with E-state index in [-0.39, 0.29) is 0 Å². The standard InChI is InChI=1S/C43H26N4S/c1-2-12-27(13-3-1)41-44-42(28-22-23-34-33-18-8-11-21-39(33)48-40(34)26-28)46-43(45-41)35-24-25-38(30-15-5-4-14-29(30)35)47-36-19-9-6-16-31(36)32-17-7-10-20-37(32)47/h1-26H. The van der Waals surface area contributed by atoms with E-state index < -0.39 is 0 Å². The molecule has 5 heteroatoms. The highest BCUT2D eigenvalue weighted by molar-refractivity contribution is 7.25. The highest BCUT2D eigenvalue weighted by atomic mass is 32.1. The lowest BCUT2D eigenvalue weighted by Gasteiger charge is -2.15. The Balaban J connectivity index is 1.20. The van der Waals surface area contributed by atoms with Crippen molar-refractivity contribution in [2.45, 2.75) is 0 Å². The van der Waals surface area contributed by atoms with Crippen molar-refractivity contribution in [1.29, 1.82) is 0 Å². The summed E-state index contributed by atoms with van der Waals surface area (Å²) in [5, 5.41) is 7.24. The second kappa shape index (κ2) is 10.7. The second-order valence-electron chi connectivity index (χ2n) is 12.0. The molecule has 0 N–H and O–H groups in total. The van der Waals surface area contributed by atoms with Crippen molar-refractivity contribution in [2.75, 3.05) is 0 Å². The quantitative estimate of drug-likeness (QED) is 0.194. The first-order chi connectivity index (χ1) is 23.8. The van der Waals surface area contributed by atoms with Crippen molar-refractivity contribution in [3.05, 3.63) is 158 Å². The van der Waals surface area contributed by atoms with E-state index in [9.17, 15) is 0 Å². The van der Waals surface area contributed by atoms with Crippen molar-refractivity contribution in [2.24, 2.45) is 0 Å². The Morgan fingerprint density at radius 2 is 0.938 bits per heavy atom. The van der Waals surface area contributed by atoms with Gasteiger partial charge in [-0.2, -0.15) is 0 Å². The largest absolute Gasteiger partial charge is 0.309 e. The lowest BCUT2D eigenvalue weighted by molar-refractivity contribution is 1.08. The molecule has 3 aromatic heterocycles. The molecule has 7 aromatic carbocycles. The average Bonchev–Trinajstić information content (AvgIpc) is 3.70.